The van der Waals surface area contributed by atoms with E-state index in [1.807, 2.05) is 0 Å². The van der Waals surface area contributed by atoms with Crippen LogP contribution in [-0.2, 0) is 48.9 Å². The Morgan fingerprint density at radius 1 is 0.833 bits per heavy atom. The average molecular weight is 770 g/mol. The molecular weight excluding hydrogens is 725 g/mol. The lowest BCUT2D eigenvalue weighted by atomic mass is 10.0. The monoisotopic (exact) mass is 769 g/mol. The average Bonchev–Trinajstić information content (AvgIpc) is 3.52. The number of nitrogens with zero attached hydrogens (tertiary/aromatic N) is 1. The Morgan fingerprint density at radius 3 is 1.94 bits per heavy atom. The summed E-state index contributed by atoms with van der Waals surface area (Å²) in [6.45, 7) is 3.97. The Hall–Kier alpha value is -4.14. The number of aliphatic hydroxyl groups is 1. The zero-order valence-electron chi connectivity index (χ0n) is 29.5. The minimum Gasteiger partial charge on any atom is -0.547 e. The van der Waals surface area contributed by atoms with Crippen LogP contribution < -0.4 is 15.6 Å². The topological polar surface area (TPSA) is 187 Å². The van der Waals surface area contributed by atoms with Crippen molar-refractivity contribution in [2.24, 2.45) is 0 Å². The van der Waals surface area contributed by atoms with Gasteiger partial charge in [-0.25, -0.2) is 4.79 Å². The van der Waals surface area contributed by atoms with E-state index in [2.05, 4.69) is 4.98 Å². The lowest BCUT2D eigenvalue weighted by molar-refractivity contribution is -0.317. The summed E-state index contributed by atoms with van der Waals surface area (Å²) in [5, 5.41) is 20.8. The van der Waals surface area contributed by atoms with Crippen LogP contribution in [0.5, 0.6) is 0 Å². The molecule has 0 bridgehead atoms. The van der Waals surface area contributed by atoms with Gasteiger partial charge in [0.05, 0.1) is 111 Å². The summed E-state index contributed by atoms with van der Waals surface area (Å²) in [6, 6.07) is 10.7. The van der Waals surface area contributed by atoms with Gasteiger partial charge in [-0.1, -0.05) is 24.3 Å². The first-order valence-corrected chi connectivity index (χ1v) is 17.3. The number of nitrogens with one attached hydrogen (secondary N) is 1. The molecule has 298 valence electrons. The number of aromatic amines is 1. The first-order chi connectivity index (χ1) is 26.1. The number of fused-ring (bicyclic) bond motifs is 1. The van der Waals surface area contributed by atoms with Gasteiger partial charge in [-0.05, 0) is 29.7 Å². The molecule has 0 spiro atoms. The van der Waals surface area contributed by atoms with Crippen LogP contribution in [0.4, 0.5) is 23.7 Å². The van der Waals surface area contributed by atoms with Crippen LogP contribution in [0, 0.1) is 0 Å². The SMILES string of the molecule is O=C([O-])[C@H](CC1CN(c2ccc3cc(-c4ccccc4C(F)(F)F)[nH]c(=O)c3c2)C(=O)O1)OCCOCCOCCOCCOCCOCCOCCO. The number of ether oxygens (including phenoxy) is 8. The van der Waals surface area contributed by atoms with Crippen LogP contribution in [0.3, 0.4) is 0 Å². The second-order valence-electron chi connectivity index (χ2n) is 11.8. The zero-order chi connectivity index (χ0) is 38.8. The van der Waals surface area contributed by atoms with Gasteiger partial charge in [0.2, 0.25) is 0 Å². The van der Waals surface area contributed by atoms with E-state index in [0.717, 1.165) is 6.07 Å². The number of hydrogen-bond acceptors (Lipinski definition) is 13. The number of cyclic esters (lactones) is 1. The van der Waals surface area contributed by atoms with Crippen molar-refractivity contribution in [1.82, 2.24) is 4.98 Å². The van der Waals surface area contributed by atoms with E-state index in [1.165, 1.54) is 47.4 Å². The number of H-pyrrole nitrogens is 1. The largest absolute Gasteiger partial charge is 0.547 e. The summed E-state index contributed by atoms with van der Waals surface area (Å²) >= 11 is 0. The van der Waals surface area contributed by atoms with Crippen molar-refractivity contribution in [2.45, 2.75) is 24.8 Å². The third-order valence-corrected chi connectivity index (χ3v) is 7.92. The number of rotatable bonds is 26. The molecule has 1 amide bonds. The summed E-state index contributed by atoms with van der Waals surface area (Å²) < 4.78 is 83.5. The molecule has 0 radical (unpaired) electrons. The Kier molecular flexibility index (Phi) is 17.6. The van der Waals surface area contributed by atoms with E-state index in [1.54, 1.807) is 0 Å². The third kappa shape index (κ3) is 13.6. The molecule has 54 heavy (non-hydrogen) atoms. The van der Waals surface area contributed by atoms with Crippen LogP contribution in [0.25, 0.3) is 22.0 Å². The van der Waals surface area contributed by atoms with Gasteiger partial charge in [0.1, 0.15) is 12.2 Å². The van der Waals surface area contributed by atoms with E-state index in [4.69, 9.17) is 43.0 Å². The lowest BCUT2D eigenvalue weighted by Gasteiger charge is -2.21. The molecule has 1 saturated heterocycles. The van der Waals surface area contributed by atoms with Gasteiger partial charge in [0, 0.05) is 28.8 Å². The predicted octanol–water partition coefficient (Wildman–Crippen LogP) is 2.16. The number of aromatic nitrogens is 1. The molecule has 1 aliphatic rings. The highest BCUT2D eigenvalue weighted by Crippen LogP contribution is 2.37. The summed E-state index contributed by atoms with van der Waals surface area (Å²) in [5.41, 5.74) is -1.47. The second-order valence-corrected chi connectivity index (χ2v) is 11.8. The van der Waals surface area contributed by atoms with Gasteiger partial charge in [-0.2, -0.15) is 13.2 Å². The fraction of sp³-hybridized carbons (Fsp3) is 0.528. The number of carbonyl (C=O) groups is 2. The summed E-state index contributed by atoms with van der Waals surface area (Å²) in [4.78, 5) is 41.2. The maximum Gasteiger partial charge on any atom is 0.417 e. The fourth-order valence-electron chi connectivity index (χ4n) is 5.37. The Morgan fingerprint density at radius 2 is 1.39 bits per heavy atom. The van der Waals surface area contributed by atoms with Crippen LogP contribution in [0.2, 0.25) is 0 Å². The van der Waals surface area contributed by atoms with Crippen molar-refractivity contribution in [3.05, 3.63) is 64.4 Å². The third-order valence-electron chi connectivity index (χ3n) is 7.92. The number of aliphatic hydroxyl groups excluding tert-OH is 1. The summed E-state index contributed by atoms with van der Waals surface area (Å²) in [7, 11) is 0. The second kappa shape index (κ2) is 22.3. The molecule has 2 atom stereocenters. The van der Waals surface area contributed by atoms with Gasteiger partial charge in [0.25, 0.3) is 5.56 Å². The fourth-order valence-corrected chi connectivity index (χ4v) is 5.37. The number of hydrogen-bond donors (Lipinski definition) is 2. The number of amides is 1. The number of anilines is 1. The molecule has 1 aliphatic heterocycles. The van der Waals surface area contributed by atoms with E-state index in [9.17, 15) is 32.7 Å². The van der Waals surface area contributed by atoms with Crippen molar-refractivity contribution in [3.8, 4) is 11.3 Å². The molecular formula is C36H44F3N2O13-. The number of halogens is 3. The standard InChI is InChI=1S/C36H45F3N2O13/c37-36(38,39)30-4-2-1-3-28(30)31-21-25-5-6-26(22-29(25)33(43)40-31)41-24-27(54-35(41)46)23-32(34(44)45)53-20-19-52-18-17-51-16-15-50-14-13-49-12-11-48-10-9-47-8-7-42/h1-6,21-22,27,32,42H,7-20,23-24H2,(H,40,43)(H,44,45)/p-1/t27?,32-/m0/s1. The summed E-state index contributed by atoms with van der Waals surface area (Å²) in [6.07, 6.45) is -7.88. The van der Waals surface area contributed by atoms with Gasteiger partial charge >= 0.3 is 12.3 Å². The zero-order valence-corrected chi connectivity index (χ0v) is 29.5. The van der Waals surface area contributed by atoms with E-state index >= 15 is 0 Å². The van der Waals surface area contributed by atoms with Crippen molar-refractivity contribution in [2.75, 3.05) is 104 Å². The first kappa shape index (κ1) is 42.6. The molecule has 4 rings (SSSR count). The highest BCUT2D eigenvalue weighted by molar-refractivity contribution is 5.95. The maximum absolute atomic E-state index is 13.6. The highest BCUT2D eigenvalue weighted by Gasteiger charge is 2.35. The van der Waals surface area contributed by atoms with E-state index in [0.29, 0.717) is 58.2 Å². The summed E-state index contributed by atoms with van der Waals surface area (Å²) in [5.74, 6) is -1.49. The molecule has 2 heterocycles. The minimum absolute atomic E-state index is 0.0156. The van der Waals surface area contributed by atoms with Crippen molar-refractivity contribution >= 4 is 28.5 Å². The van der Waals surface area contributed by atoms with Gasteiger partial charge < -0.3 is 57.9 Å². The van der Waals surface area contributed by atoms with Gasteiger partial charge in [0.15, 0.2) is 0 Å². The van der Waals surface area contributed by atoms with Crippen LogP contribution in [-0.4, -0.2) is 133 Å². The maximum atomic E-state index is 13.6. The molecule has 15 nitrogen and oxygen atoms in total. The van der Waals surface area contributed by atoms with Gasteiger partial charge in [-0.3, -0.25) is 9.69 Å². The molecule has 1 fully saturated rings. The number of carboxylic acids is 1. The molecule has 1 unspecified atom stereocenters. The molecule has 2 aromatic carbocycles. The number of carboxylic acid groups (broad SMARTS) is 1. The molecule has 0 saturated carbocycles. The molecule has 18 heteroatoms. The van der Waals surface area contributed by atoms with Crippen molar-refractivity contribution in [1.29, 1.82) is 0 Å². The number of alkyl halides is 3. The van der Waals surface area contributed by atoms with E-state index in [-0.39, 0.29) is 74.9 Å². The van der Waals surface area contributed by atoms with Gasteiger partial charge in [-0.15, -0.1) is 0 Å². The minimum atomic E-state index is -4.63. The van der Waals surface area contributed by atoms with Crippen LogP contribution in [0.15, 0.2) is 53.3 Å². The highest BCUT2D eigenvalue weighted by atomic mass is 19.4. The predicted molar refractivity (Wildman–Crippen MR) is 184 cm³/mol. The number of aliphatic carboxylic acids is 1. The van der Waals surface area contributed by atoms with Crippen LogP contribution in [0.1, 0.15) is 12.0 Å². The Labute approximate surface area is 308 Å². The normalized spacial score (nSPS) is 15.2. The number of benzene rings is 2. The quantitative estimate of drug-likeness (QED) is 0.113. The van der Waals surface area contributed by atoms with Crippen molar-refractivity contribution < 1.29 is 70.9 Å². The lowest BCUT2D eigenvalue weighted by Crippen LogP contribution is -2.41. The molecule has 2 N–H and O–H groups in total. The van der Waals surface area contributed by atoms with E-state index < -0.39 is 41.6 Å². The first-order valence-electron chi connectivity index (χ1n) is 17.3. The Bertz CT molecular complexity index is 1670. The molecule has 3 aromatic rings. The smallest absolute Gasteiger partial charge is 0.417 e. The van der Waals surface area contributed by atoms with Crippen molar-refractivity contribution in [3.63, 3.8) is 0 Å². The number of pyridine rings is 1. The molecule has 0 aliphatic carbocycles. The van der Waals surface area contributed by atoms with Crippen LogP contribution >= 0.6 is 0 Å². The Balaban J connectivity index is 1.11. The molecule has 1 aromatic heterocycles. The number of carbonyl (C=O) groups excluding carboxylic acids is 2.